The Hall–Kier alpha value is -2.40. The smallest absolute Gasteiger partial charge is 0.258 e. The van der Waals surface area contributed by atoms with Crippen LogP contribution in [-0.2, 0) is 0 Å². The Morgan fingerprint density at radius 2 is 2.16 bits per heavy atom. The van der Waals surface area contributed by atoms with Crippen molar-refractivity contribution >= 4 is 34.1 Å². The number of benzene rings is 1. The molecule has 0 aliphatic carbocycles. The van der Waals surface area contributed by atoms with Crippen LogP contribution in [0, 0.1) is 0 Å². The number of pyridine rings is 1. The van der Waals surface area contributed by atoms with Crippen LogP contribution in [0.25, 0.3) is 10.9 Å². The van der Waals surface area contributed by atoms with Crippen molar-refractivity contribution in [2.45, 2.75) is 0 Å². The number of nitrogens with zero attached hydrogens (tertiary/aromatic N) is 2. The maximum absolute atomic E-state index is 12.1. The van der Waals surface area contributed by atoms with E-state index in [1.54, 1.807) is 24.4 Å². The molecule has 3 aromatic rings. The number of rotatable bonds is 2. The van der Waals surface area contributed by atoms with Gasteiger partial charge < -0.3 is 5.32 Å². The normalized spacial score (nSPS) is 10.6. The molecule has 1 aromatic carbocycles. The largest absolute Gasteiger partial charge is 0.320 e. The molecule has 0 spiro atoms. The summed E-state index contributed by atoms with van der Waals surface area (Å²) in [5.41, 5.74) is 1.76. The first-order valence-electron chi connectivity index (χ1n) is 5.59. The summed E-state index contributed by atoms with van der Waals surface area (Å²) in [5, 5.41) is 10.7. The van der Waals surface area contributed by atoms with Crippen LogP contribution in [0.4, 0.5) is 5.69 Å². The molecule has 0 radical (unpaired) electrons. The summed E-state index contributed by atoms with van der Waals surface area (Å²) >= 11 is 5.89. The third-order valence-corrected chi connectivity index (χ3v) is 3.03. The van der Waals surface area contributed by atoms with Crippen molar-refractivity contribution in [2.24, 2.45) is 0 Å². The lowest BCUT2D eigenvalue weighted by Crippen LogP contribution is -2.13. The van der Waals surface area contributed by atoms with Crippen LogP contribution in [0.1, 0.15) is 10.4 Å². The van der Waals surface area contributed by atoms with Gasteiger partial charge >= 0.3 is 0 Å². The second-order valence-corrected chi connectivity index (χ2v) is 4.29. The fraction of sp³-hybridized carbons (Fsp3) is 0. The molecule has 94 valence electrons. The van der Waals surface area contributed by atoms with Crippen LogP contribution in [-0.4, -0.2) is 21.1 Å². The lowest BCUT2D eigenvalue weighted by atomic mass is 10.2. The number of amides is 1. The monoisotopic (exact) mass is 272 g/mol. The molecule has 0 fully saturated rings. The summed E-state index contributed by atoms with van der Waals surface area (Å²) in [4.78, 5) is 16.0. The molecule has 3 rings (SSSR count). The van der Waals surface area contributed by atoms with Crippen molar-refractivity contribution in [3.8, 4) is 0 Å². The van der Waals surface area contributed by atoms with E-state index in [1.807, 2.05) is 12.1 Å². The Labute approximate surface area is 113 Å². The number of halogens is 1. The van der Waals surface area contributed by atoms with Crippen LogP contribution in [0.3, 0.4) is 0 Å². The van der Waals surface area contributed by atoms with Gasteiger partial charge in [-0.15, -0.1) is 0 Å². The molecule has 0 aliphatic heterocycles. The van der Waals surface area contributed by atoms with Crippen molar-refractivity contribution in [1.29, 1.82) is 0 Å². The number of fused-ring (bicyclic) bond motifs is 1. The number of hydrogen-bond acceptors (Lipinski definition) is 3. The minimum Gasteiger partial charge on any atom is -0.320 e. The molecule has 0 unspecified atom stereocenters. The highest BCUT2D eigenvalue weighted by molar-refractivity contribution is 6.33. The second-order valence-electron chi connectivity index (χ2n) is 3.94. The Bertz CT molecular complexity index is 753. The average Bonchev–Trinajstić information content (AvgIpc) is 2.88. The summed E-state index contributed by atoms with van der Waals surface area (Å²) in [6, 6.07) is 8.84. The van der Waals surface area contributed by atoms with Gasteiger partial charge in [0, 0.05) is 11.6 Å². The molecule has 0 saturated carbocycles. The Balaban J connectivity index is 1.95. The van der Waals surface area contributed by atoms with E-state index < -0.39 is 0 Å². The lowest BCUT2D eigenvalue weighted by Gasteiger charge is -2.06. The molecular formula is C13H9ClN4O. The van der Waals surface area contributed by atoms with Gasteiger partial charge in [0.05, 0.1) is 23.0 Å². The average molecular weight is 273 g/mol. The second kappa shape index (κ2) is 4.70. The first-order chi connectivity index (χ1) is 9.25. The molecular weight excluding hydrogens is 264 g/mol. The predicted octanol–water partition coefficient (Wildman–Crippen LogP) is 2.86. The quantitative estimate of drug-likeness (QED) is 0.705. The van der Waals surface area contributed by atoms with Crippen molar-refractivity contribution in [3.05, 3.63) is 53.4 Å². The predicted molar refractivity (Wildman–Crippen MR) is 73.3 cm³/mol. The molecule has 0 saturated heterocycles. The van der Waals surface area contributed by atoms with E-state index in [1.165, 1.54) is 6.20 Å². The minimum absolute atomic E-state index is 0.178. The number of hydrogen-bond donors (Lipinski definition) is 2. The third-order valence-electron chi connectivity index (χ3n) is 2.73. The van der Waals surface area contributed by atoms with Crippen molar-refractivity contribution < 1.29 is 4.79 Å². The number of para-hydroxylation sites is 1. The number of H-pyrrole nitrogens is 1. The summed E-state index contributed by atoms with van der Waals surface area (Å²) in [7, 11) is 0. The van der Waals surface area contributed by atoms with E-state index in [2.05, 4.69) is 20.5 Å². The van der Waals surface area contributed by atoms with E-state index in [0.717, 1.165) is 10.9 Å². The highest BCUT2D eigenvalue weighted by atomic mass is 35.5. The van der Waals surface area contributed by atoms with Crippen LogP contribution >= 0.6 is 11.6 Å². The van der Waals surface area contributed by atoms with Gasteiger partial charge in [0.15, 0.2) is 0 Å². The van der Waals surface area contributed by atoms with E-state index >= 15 is 0 Å². The van der Waals surface area contributed by atoms with Crippen LogP contribution in [0.5, 0.6) is 0 Å². The third kappa shape index (κ3) is 2.15. The minimum atomic E-state index is -0.305. The molecule has 2 heterocycles. The first-order valence-corrected chi connectivity index (χ1v) is 5.97. The van der Waals surface area contributed by atoms with Crippen LogP contribution in [0.15, 0.2) is 42.7 Å². The maximum atomic E-state index is 12.1. The molecule has 2 N–H and O–H groups in total. The van der Waals surface area contributed by atoms with Crippen molar-refractivity contribution in [2.75, 3.05) is 5.32 Å². The zero-order valence-corrected chi connectivity index (χ0v) is 10.5. The van der Waals surface area contributed by atoms with Crippen LogP contribution in [0.2, 0.25) is 5.15 Å². The van der Waals surface area contributed by atoms with E-state index in [4.69, 9.17) is 11.6 Å². The molecule has 0 bridgehead atoms. The molecule has 6 heteroatoms. The van der Waals surface area contributed by atoms with Crippen LogP contribution < -0.4 is 5.32 Å². The fourth-order valence-corrected chi connectivity index (χ4v) is 2.02. The number of aromatic nitrogens is 3. The number of nitrogens with one attached hydrogen (secondary N) is 2. The zero-order chi connectivity index (χ0) is 13.2. The summed E-state index contributed by atoms with van der Waals surface area (Å²) in [5.74, 6) is -0.305. The van der Waals surface area contributed by atoms with Gasteiger partial charge in [-0.1, -0.05) is 23.7 Å². The summed E-state index contributed by atoms with van der Waals surface area (Å²) < 4.78 is 0. The van der Waals surface area contributed by atoms with E-state index in [9.17, 15) is 4.79 Å². The van der Waals surface area contributed by atoms with Gasteiger partial charge in [0.1, 0.15) is 5.15 Å². The first kappa shape index (κ1) is 11.7. The Kier molecular flexibility index (Phi) is 2.89. The molecule has 0 atom stereocenters. The molecule has 1 amide bonds. The summed E-state index contributed by atoms with van der Waals surface area (Å²) in [6.45, 7) is 0. The van der Waals surface area contributed by atoms with Gasteiger partial charge in [-0.3, -0.25) is 9.89 Å². The van der Waals surface area contributed by atoms with Gasteiger partial charge in [0.2, 0.25) is 0 Å². The van der Waals surface area contributed by atoms with Gasteiger partial charge in [-0.05, 0) is 18.2 Å². The van der Waals surface area contributed by atoms with Gasteiger partial charge in [0.25, 0.3) is 5.91 Å². The molecule has 5 nitrogen and oxygen atoms in total. The highest BCUT2D eigenvalue weighted by Crippen LogP contribution is 2.22. The maximum Gasteiger partial charge on any atom is 0.258 e. The molecule has 0 aliphatic rings. The number of carbonyl (C=O) groups is 1. The molecule has 19 heavy (non-hydrogen) atoms. The summed E-state index contributed by atoms with van der Waals surface area (Å²) in [6.07, 6.45) is 3.23. The standard InChI is InChI=1S/C13H9ClN4O/c14-12-9(4-2-6-15-12)13(19)17-10-5-1-3-8-7-16-18-11(8)10/h1-7H,(H,16,18)(H,17,19). The highest BCUT2D eigenvalue weighted by Gasteiger charge is 2.12. The van der Waals surface area contributed by atoms with Crippen molar-refractivity contribution in [3.63, 3.8) is 0 Å². The number of aromatic amines is 1. The molecule has 2 aromatic heterocycles. The number of carbonyl (C=O) groups excluding carboxylic acids is 1. The van der Waals surface area contributed by atoms with Gasteiger partial charge in [-0.25, -0.2) is 4.98 Å². The number of anilines is 1. The Morgan fingerprint density at radius 3 is 3.00 bits per heavy atom. The Morgan fingerprint density at radius 1 is 1.26 bits per heavy atom. The lowest BCUT2D eigenvalue weighted by molar-refractivity contribution is 0.102. The van der Waals surface area contributed by atoms with Crippen molar-refractivity contribution in [1.82, 2.24) is 15.2 Å². The topological polar surface area (TPSA) is 70.7 Å². The van der Waals surface area contributed by atoms with E-state index in [0.29, 0.717) is 11.3 Å². The SMILES string of the molecule is O=C(Nc1cccc2cn[nH]c12)c1cccnc1Cl. The fourth-order valence-electron chi connectivity index (χ4n) is 1.82. The zero-order valence-electron chi connectivity index (χ0n) is 9.72. The van der Waals surface area contributed by atoms with E-state index in [-0.39, 0.29) is 11.1 Å². The van der Waals surface area contributed by atoms with Gasteiger partial charge in [-0.2, -0.15) is 5.10 Å².